The quantitative estimate of drug-likeness (QED) is 0.450. The zero-order chi connectivity index (χ0) is 14.2. The maximum absolute atomic E-state index is 11.4. The highest BCUT2D eigenvalue weighted by atomic mass is 16.6. The zero-order valence-corrected chi connectivity index (χ0v) is 10.8. The highest BCUT2D eigenvalue weighted by molar-refractivity contribution is 6.01. The van der Waals surface area contributed by atoms with Crippen molar-refractivity contribution in [3.63, 3.8) is 0 Å². The summed E-state index contributed by atoms with van der Waals surface area (Å²) in [6, 6.07) is 0. The van der Waals surface area contributed by atoms with E-state index in [1.165, 1.54) is 9.58 Å². The Morgan fingerprint density at radius 3 is 2.26 bits per heavy atom. The highest BCUT2D eigenvalue weighted by Gasteiger charge is 2.29. The number of aromatic nitrogens is 2. The van der Waals surface area contributed by atoms with Crippen molar-refractivity contribution in [2.45, 2.75) is 33.2 Å². The van der Waals surface area contributed by atoms with Crippen LogP contribution in [0.5, 0.6) is 0 Å². The minimum Gasteiger partial charge on any atom is -0.281 e. The number of hydrogen-bond donors (Lipinski definition) is 0. The normalized spacial score (nSPS) is 15.4. The zero-order valence-electron chi connectivity index (χ0n) is 10.8. The van der Waals surface area contributed by atoms with Gasteiger partial charge in [0.2, 0.25) is 11.8 Å². The molecule has 0 unspecified atom stereocenters. The lowest BCUT2D eigenvalue weighted by atomic mass is 10.3. The van der Waals surface area contributed by atoms with Crippen LogP contribution in [0.1, 0.15) is 24.2 Å². The minimum absolute atomic E-state index is 0.0147. The summed E-state index contributed by atoms with van der Waals surface area (Å²) in [7, 11) is 0. The Morgan fingerprint density at radius 2 is 1.79 bits per heavy atom. The van der Waals surface area contributed by atoms with Gasteiger partial charge in [-0.1, -0.05) is 0 Å². The predicted octanol–water partition coefficient (Wildman–Crippen LogP) is 0.557. The number of carbonyl (C=O) groups is 2. The van der Waals surface area contributed by atoms with E-state index in [2.05, 4.69) is 5.10 Å². The number of nitro groups is 1. The molecule has 8 nitrogen and oxygen atoms in total. The Bertz CT molecular complexity index is 547. The van der Waals surface area contributed by atoms with Gasteiger partial charge in [0.1, 0.15) is 11.4 Å². The van der Waals surface area contributed by atoms with Gasteiger partial charge in [-0.3, -0.25) is 29.3 Å². The molecule has 0 aromatic carbocycles. The molecule has 2 heterocycles. The fraction of sp³-hybridized carbons (Fsp3) is 0.545. The van der Waals surface area contributed by atoms with E-state index in [9.17, 15) is 19.7 Å². The molecule has 0 N–H and O–H groups in total. The maximum atomic E-state index is 11.4. The molecule has 1 aliphatic rings. The first-order valence-corrected chi connectivity index (χ1v) is 5.93. The SMILES string of the molecule is Cc1nn(CCN2C(=O)CCC2=O)c(C)c1[N+](=O)[O-]. The fourth-order valence-corrected chi connectivity index (χ4v) is 2.24. The molecule has 19 heavy (non-hydrogen) atoms. The maximum Gasteiger partial charge on any atom is 0.312 e. The Hall–Kier alpha value is -2.25. The summed E-state index contributed by atoms with van der Waals surface area (Å²) in [5, 5.41) is 14.9. The second kappa shape index (κ2) is 4.79. The van der Waals surface area contributed by atoms with Crippen LogP contribution in [0.2, 0.25) is 0 Å². The summed E-state index contributed by atoms with van der Waals surface area (Å²) >= 11 is 0. The van der Waals surface area contributed by atoms with Crippen molar-refractivity contribution in [3.8, 4) is 0 Å². The van der Waals surface area contributed by atoms with E-state index in [0.717, 1.165) is 0 Å². The van der Waals surface area contributed by atoms with Crippen LogP contribution in [0, 0.1) is 24.0 Å². The van der Waals surface area contributed by atoms with E-state index in [4.69, 9.17) is 0 Å². The second-order valence-corrected chi connectivity index (χ2v) is 4.44. The fourth-order valence-electron chi connectivity index (χ4n) is 2.24. The summed E-state index contributed by atoms with van der Waals surface area (Å²) in [6.45, 7) is 3.65. The van der Waals surface area contributed by atoms with Crippen LogP contribution in [0.15, 0.2) is 0 Å². The summed E-state index contributed by atoms with van der Waals surface area (Å²) in [5.74, 6) is -0.387. The van der Waals surface area contributed by atoms with Gasteiger partial charge >= 0.3 is 5.69 Å². The molecule has 0 aliphatic carbocycles. The van der Waals surface area contributed by atoms with Gasteiger partial charge in [0.25, 0.3) is 0 Å². The number of imide groups is 1. The highest BCUT2D eigenvalue weighted by Crippen LogP contribution is 2.22. The molecule has 0 saturated carbocycles. The average molecular weight is 266 g/mol. The molecular weight excluding hydrogens is 252 g/mol. The Balaban J connectivity index is 2.12. The van der Waals surface area contributed by atoms with Gasteiger partial charge in [0, 0.05) is 19.4 Å². The van der Waals surface area contributed by atoms with Gasteiger partial charge < -0.3 is 0 Å². The first-order valence-electron chi connectivity index (χ1n) is 5.93. The molecule has 0 atom stereocenters. The van der Waals surface area contributed by atoms with Gasteiger partial charge in [0.15, 0.2) is 0 Å². The van der Waals surface area contributed by atoms with Gasteiger partial charge in [-0.15, -0.1) is 0 Å². The third-order valence-corrected chi connectivity index (χ3v) is 3.22. The number of carbonyl (C=O) groups excluding carboxylic acids is 2. The number of likely N-dealkylation sites (tertiary alicyclic amines) is 1. The number of amides is 2. The van der Waals surface area contributed by atoms with E-state index < -0.39 is 4.92 Å². The van der Waals surface area contributed by atoms with Crippen LogP contribution < -0.4 is 0 Å². The molecule has 102 valence electrons. The molecule has 1 fully saturated rings. The lowest BCUT2D eigenvalue weighted by molar-refractivity contribution is -0.386. The molecular formula is C11H14N4O4. The largest absolute Gasteiger partial charge is 0.312 e. The molecule has 1 aromatic heterocycles. The molecule has 8 heteroatoms. The topological polar surface area (TPSA) is 98.3 Å². The second-order valence-electron chi connectivity index (χ2n) is 4.44. The van der Waals surface area contributed by atoms with Crippen molar-refractivity contribution in [3.05, 3.63) is 21.5 Å². The van der Waals surface area contributed by atoms with Gasteiger partial charge in [-0.2, -0.15) is 5.10 Å². The molecule has 1 aromatic rings. The van der Waals surface area contributed by atoms with E-state index in [1.807, 2.05) is 0 Å². The third kappa shape index (κ3) is 2.33. The molecule has 2 amide bonds. The molecule has 0 spiro atoms. The van der Waals surface area contributed by atoms with E-state index in [-0.39, 0.29) is 43.4 Å². The third-order valence-electron chi connectivity index (χ3n) is 3.22. The lowest BCUT2D eigenvalue weighted by Gasteiger charge is -2.13. The monoisotopic (exact) mass is 266 g/mol. The van der Waals surface area contributed by atoms with E-state index >= 15 is 0 Å². The van der Waals surface area contributed by atoms with Crippen LogP contribution in [-0.2, 0) is 16.1 Å². The molecule has 0 radical (unpaired) electrons. The van der Waals surface area contributed by atoms with Crippen molar-refractivity contribution >= 4 is 17.5 Å². The van der Waals surface area contributed by atoms with Crippen molar-refractivity contribution in [2.24, 2.45) is 0 Å². The van der Waals surface area contributed by atoms with Crippen molar-refractivity contribution in [2.75, 3.05) is 6.54 Å². The molecule has 1 aliphatic heterocycles. The first-order chi connectivity index (χ1) is 8.91. The van der Waals surface area contributed by atoms with Crippen LogP contribution in [0.3, 0.4) is 0 Å². The van der Waals surface area contributed by atoms with Crippen LogP contribution in [-0.4, -0.2) is 38.0 Å². The standard InChI is InChI=1S/C11H14N4O4/c1-7-11(15(18)19)8(2)14(12-7)6-5-13-9(16)3-4-10(13)17/h3-6H2,1-2H3. The van der Waals surface area contributed by atoms with Gasteiger partial charge in [0.05, 0.1) is 11.5 Å². The molecule has 1 saturated heterocycles. The lowest BCUT2D eigenvalue weighted by Crippen LogP contribution is -2.32. The molecule has 0 bridgehead atoms. The number of hydrogen-bond acceptors (Lipinski definition) is 5. The first kappa shape index (κ1) is 13.2. The Morgan fingerprint density at radius 1 is 1.21 bits per heavy atom. The van der Waals surface area contributed by atoms with E-state index in [1.54, 1.807) is 13.8 Å². The summed E-state index contributed by atoms with van der Waals surface area (Å²) in [6.07, 6.45) is 0.492. The van der Waals surface area contributed by atoms with Crippen LogP contribution >= 0.6 is 0 Å². The van der Waals surface area contributed by atoms with Gasteiger partial charge in [-0.05, 0) is 13.8 Å². The van der Waals surface area contributed by atoms with Crippen molar-refractivity contribution < 1.29 is 14.5 Å². The van der Waals surface area contributed by atoms with Gasteiger partial charge in [-0.25, -0.2) is 0 Å². The summed E-state index contributed by atoms with van der Waals surface area (Å²) < 4.78 is 1.46. The van der Waals surface area contributed by atoms with Crippen LogP contribution in [0.4, 0.5) is 5.69 Å². The Labute approximate surface area is 109 Å². The smallest absolute Gasteiger partial charge is 0.281 e. The average Bonchev–Trinajstić information content (AvgIpc) is 2.78. The van der Waals surface area contributed by atoms with Crippen LogP contribution in [0.25, 0.3) is 0 Å². The Kier molecular flexibility index (Phi) is 3.32. The predicted molar refractivity (Wildman–Crippen MR) is 64.3 cm³/mol. The van der Waals surface area contributed by atoms with Crippen molar-refractivity contribution in [1.82, 2.24) is 14.7 Å². The number of rotatable bonds is 4. The number of aryl methyl sites for hydroxylation is 1. The molecule has 2 rings (SSSR count). The van der Waals surface area contributed by atoms with Crippen molar-refractivity contribution in [1.29, 1.82) is 0 Å². The van der Waals surface area contributed by atoms with E-state index in [0.29, 0.717) is 11.4 Å². The minimum atomic E-state index is -0.472. The number of nitrogens with zero attached hydrogens (tertiary/aromatic N) is 4. The summed E-state index contributed by atoms with van der Waals surface area (Å²) in [4.78, 5) is 34.4. The summed E-state index contributed by atoms with van der Waals surface area (Å²) in [5.41, 5.74) is 0.752.